The topological polar surface area (TPSA) is 47.4 Å². The van der Waals surface area contributed by atoms with Gasteiger partial charge in [-0.1, -0.05) is 31.8 Å². The number of unbranched alkanes of at least 4 members (excludes halogenated alkanes) is 2. The van der Waals surface area contributed by atoms with Crippen molar-refractivity contribution in [2.75, 3.05) is 33.8 Å². The molecule has 140 valence electrons. The lowest BCUT2D eigenvalue weighted by Gasteiger charge is -2.32. The van der Waals surface area contributed by atoms with Gasteiger partial charge in [-0.2, -0.15) is 0 Å². The summed E-state index contributed by atoms with van der Waals surface area (Å²) in [6.45, 7) is 9.13. The lowest BCUT2D eigenvalue weighted by molar-refractivity contribution is -0.860. The van der Waals surface area contributed by atoms with Crippen LogP contribution < -0.4 is 10.2 Å². The SMILES string of the molecule is CCCCC[C@H]1C[C@H]([NH2+]CCC[NH+](C)C)C=C(C)[C@@H]1C(=O)OCC. The number of rotatable bonds is 11. The number of quaternary nitrogens is 2. The number of ether oxygens (including phenoxy) is 1. The molecule has 4 nitrogen and oxygen atoms in total. The van der Waals surface area contributed by atoms with Crippen LogP contribution >= 0.6 is 0 Å². The number of carbonyl (C=O) groups excluding carboxylic acids is 1. The molecule has 4 heteroatoms. The highest BCUT2D eigenvalue weighted by Gasteiger charge is 2.36. The molecule has 0 saturated heterocycles. The summed E-state index contributed by atoms with van der Waals surface area (Å²) >= 11 is 0. The van der Waals surface area contributed by atoms with E-state index in [2.05, 4.69) is 39.3 Å². The van der Waals surface area contributed by atoms with Crippen LogP contribution in [0.2, 0.25) is 0 Å². The first-order valence-corrected chi connectivity index (χ1v) is 9.96. The van der Waals surface area contributed by atoms with E-state index >= 15 is 0 Å². The largest absolute Gasteiger partial charge is 0.466 e. The molecule has 1 aliphatic carbocycles. The summed E-state index contributed by atoms with van der Waals surface area (Å²) in [5.41, 5.74) is 1.22. The first-order chi connectivity index (χ1) is 11.5. The van der Waals surface area contributed by atoms with Crippen molar-refractivity contribution in [1.82, 2.24) is 0 Å². The fraction of sp³-hybridized carbons (Fsp3) is 0.850. The average Bonchev–Trinajstić information content (AvgIpc) is 2.51. The van der Waals surface area contributed by atoms with Crippen LogP contribution in [-0.2, 0) is 9.53 Å². The molecule has 0 radical (unpaired) electrons. The Morgan fingerprint density at radius 1 is 1.29 bits per heavy atom. The van der Waals surface area contributed by atoms with E-state index in [1.165, 1.54) is 49.2 Å². The predicted octanol–water partition coefficient (Wildman–Crippen LogP) is 1.18. The van der Waals surface area contributed by atoms with Crippen LogP contribution in [0.5, 0.6) is 0 Å². The molecule has 3 N–H and O–H groups in total. The summed E-state index contributed by atoms with van der Waals surface area (Å²) < 4.78 is 5.36. The zero-order valence-corrected chi connectivity index (χ0v) is 16.6. The van der Waals surface area contributed by atoms with Crippen LogP contribution in [0.25, 0.3) is 0 Å². The zero-order chi connectivity index (χ0) is 17.9. The van der Waals surface area contributed by atoms with E-state index in [1.807, 2.05) is 6.92 Å². The van der Waals surface area contributed by atoms with Gasteiger partial charge in [-0.25, -0.2) is 0 Å². The molecule has 24 heavy (non-hydrogen) atoms. The summed E-state index contributed by atoms with van der Waals surface area (Å²) in [5.74, 6) is 0.418. The van der Waals surface area contributed by atoms with E-state index in [4.69, 9.17) is 4.74 Å². The molecule has 0 unspecified atom stereocenters. The lowest BCUT2D eigenvalue weighted by Crippen LogP contribution is -3.06. The Bertz CT molecular complexity index is 393. The Kier molecular flexibility index (Phi) is 10.3. The summed E-state index contributed by atoms with van der Waals surface area (Å²) in [7, 11) is 4.41. The van der Waals surface area contributed by atoms with Gasteiger partial charge in [-0.3, -0.25) is 4.79 Å². The number of hydrogen-bond donors (Lipinski definition) is 2. The average molecular weight is 341 g/mol. The molecule has 3 atom stereocenters. The fourth-order valence-electron chi connectivity index (χ4n) is 3.87. The molecule has 1 rings (SSSR count). The third kappa shape index (κ3) is 7.35. The van der Waals surface area contributed by atoms with E-state index < -0.39 is 0 Å². The van der Waals surface area contributed by atoms with Gasteiger partial charge < -0.3 is 15.0 Å². The van der Waals surface area contributed by atoms with Crippen molar-refractivity contribution in [3.63, 3.8) is 0 Å². The summed E-state index contributed by atoms with van der Waals surface area (Å²) in [4.78, 5) is 13.9. The number of esters is 1. The first kappa shape index (κ1) is 21.2. The molecule has 0 aromatic heterocycles. The van der Waals surface area contributed by atoms with E-state index in [0.29, 0.717) is 18.6 Å². The number of nitrogens with one attached hydrogen (secondary N) is 1. The molecular weight excluding hydrogens is 300 g/mol. The molecule has 0 heterocycles. The maximum atomic E-state index is 12.4. The number of carbonyl (C=O) groups is 1. The monoisotopic (exact) mass is 340 g/mol. The third-order valence-electron chi connectivity index (χ3n) is 5.08. The van der Waals surface area contributed by atoms with Crippen LogP contribution in [0.4, 0.5) is 0 Å². The maximum absolute atomic E-state index is 12.4. The predicted molar refractivity (Wildman–Crippen MR) is 99.0 cm³/mol. The van der Waals surface area contributed by atoms with Crippen molar-refractivity contribution in [2.45, 2.75) is 65.3 Å². The van der Waals surface area contributed by atoms with Crippen molar-refractivity contribution in [1.29, 1.82) is 0 Å². The van der Waals surface area contributed by atoms with E-state index in [9.17, 15) is 4.79 Å². The zero-order valence-electron chi connectivity index (χ0n) is 16.6. The van der Waals surface area contributed by atoms with Crippen molar-refractivity contribution in [2.24, 2.45) is 11.8 Å². The second-order valence-corrected chi connectivity index (χ2v) is 7.63. The minimum atomic E-state index is -0.0160. The molecule has 0 spiro atoms. The smallest absolute Gasteiger partial charge is 0.313 e. The Morgan fingerprint density at radius 3 is 2.67 bits per heavy atom. The molecule has 0 aliphatic heterocycles. The molecule has 0 saturated carbocycles. The van der Waals surface area contributed by atoms with Crippen molar-refractivity contribution in [3.8, 4) is 0 Å². The second-order valence-electron chi connectivity index (χ2n) is 7.63. The van der Waals surface area contributed by atoms with Gasteiger partial charge in [0.15, 0.2) is 0 Å². The molecule has 0 aromatic rings. The standard InChI is InChI=1S/C20H38N2O2/c1-6-8-9-11-17-15-18(21-12-10-13-22(4)5)14-16(3)19(17)20(23)24-7-2/h14,17-19,21H,6-13,15H2,1-5H3/p+2/t17-,18+,19-/m0/s1. The molecular formula is C20H40N2O2+2. The van der Waals surface area contributed by atoms with Crippen LogP contribution in [0.15, 0.2) is 11.6 Å². The summed E-state index contributed by atoms with van der Waals surface area (Å²) in [6.07, 6.45) is 9.53. The van der Waals surface area contributed by atoms with Crippen LogP contribution in [0.1, 0.15) is 59.3 Å². The Morgan fingerprint density at radius 2 is 2.04 bits per heavy atom. The molecule has 0 fully saturated rings. The Hall–Kier alpha value is -0.870. The minimum Gasteiger partial charge on any atom is -0.466 e. The first-order valence-electron chi connectivity index (χ1n) is 9.96. The van der Waals surface area contributed by atoms with Gasteiger partial charge in [0.25, 0.3) is 0 Å². The van der Waals surface area contributed by atoms with Gasteiger partial charge >= 0.3 is 5.97 Å². The van der Waals surface area contributed by atoms with Gasteiger partial charge in [-0.15, -0.1) is 0 Å². The highest BCUT2D eigenvalue weighted by atomic mass is 16.5. The van der Waals surface area contributed by atoms with Crippen molar-refractivity contribution in [3.05, 3.63) is 11.6 Å². The summed E-state index contributed by atoms with van der Waals surface area (Å²) in [5, 5.41) is 2.47. The minimum absolute atomic E-state index is 0.0117. The lowest BCUT2D eigenvalue weighted by atomic mass is 9.74. The van der Waals surface area contributed by atoms with Crippen LogP contribution in [0.3, 0.4) is 0 Å². The van der Waals surface area contributed by atoms with Crippen LogP contribution in [0, 0.1) is 11.8 Å². The van der Waals surface area contributed by atoms with E-state index in [1.54, 1.807) is 0 Å². The van der Waals surface area contributed by atoms with Gasteiger partial charge in [0.1, 0.15) is 6.04 Å². The van der Waals surface area contributed by atoms with Crippen molar-refractivity contribution >= 4 is 5.97 Å². The van der Waals surface area contributed by atoms with Crippen molar-refractivity contribution < 1.29 is 19.7 Å². The second kappa shape index (κ2) is 11.6. The highest BCUT2D eigenvalue weighted by molar-refractivity contribution is 5.76. The third-order valence-corrected chi connectivity index (χ3v) is 5.08. The van der Waals surface area contributed by atoms with Crippen LogP contribution in [-0.4, -0.2) is 45.8 Å². The molecule has 0 amide bonds. The van der Waals surface area contributed by atoms with Gasteiger partial charge in [0.05, 0.1) is 39.7 Å². The fourth-order valence-corrected chi connectivity index (χ4v) is 3.87. The molecule has 0 bridgehead atoms. The maximum Gasteiger partial charge on any atom is 0.313 e. The number of nitrogens with two attached hydrogens (primary N) is 1. The van der Waals surface area contributed by atoms with Gasteiger partial charge in [0, 0.05) is 12.8 Å². The number of hydrogen-bond acceptors (Lipinski definition) is 2. The molecule has 0 aromatic carbocycles. The van der Waals surface area contributed by atoms with E-state index in [-0.39, 0.29) is 11.9 Å². The quantitative estimate of drug-likeness (QED) is 0.337. The van der Waals surface area contributed by atoms with Gasteiger partial charge in [-0.05, 0) is 32.3 Å². The highest BCUT2D eigenvalue weighted by Crippen LogP contribution is 2.34. The Balaban J connectivity index is 2.65. The van der Waals surface area contributed by atoms with Gasteiger partial charge in [0.2, 0.25) is 0 Å². The molecule has 1 aliphatic rings. The van der Waals surface area contributed by atoms with E-state index in [0.717, 1.165) is 12.8 Å². The summed E-state index contributed by atoms with van der Waals surface area (Å²) in [6, 6.07) is 0.527. The normalized spacial score (nSPS) is 24.1. The Labute approximate surface area is 149 Å².